The van der Waals surface area contributed by atoms with Crippen LogP contribution in [0.1, 0.15) is 27.2 Å². The second-order valence-electron chi connectivity index (χ2n) is 5.27. The van der Waals surface area contributed by atoms with Gasteiger partial charge in [-0.3, -0.25) is 0 Å². The van der Waals surface area contributed by atoms with E-state index < -0.39 is 0 Å². The zero-order chi connectivity index (χ0) is 14.6. The molecule has 0 amide bonds. The standard InChI is InChI=1S/C13H23N5OS/c1-5-19-12-16-10(14-4)15-11(17-12)18-7-6-13(2,3)20-9-8-18/h5-9H2,1-4H3,(H,14,15,16,17). The summed E-state index contributed by atoms with van der Waals surface area (Å²) in [6.45, 7) is 8.97. The van der Waals surface area contributed by atoms with Crippen molar-refractivity contribution in [1.82, 2.24) is 15.0 Å². The quantitative estimate of drug-likeness (QED) is 0.912. The minimum Gasteiger partial charge on any atom is -0.464 e. The number of hydrogen-bond donors (Lipinski definition) is 1. The van der Waals surface area contributed by atoms with Gasteiger partial charge < -0.3 is 15.0 Å². The van der Waals surface area contributed by atoms with Crippen molar-refractivity contribution < 1.29 is 4.74 Å². The summed E-state index contributed by atoms with van der Waals surface area (Å²) in [7, 11) is 1.80. The van der Waals surface area contributed by atoms with Gasteiger partial charge in [0.25, 0.3) is 0 Å². The molecule has 112 valence electrons. The van der Waals surface area contributed by atoms with Crippen molar-refractivity contribution in [3.05, 3.63) is 0 Å². The van der Waals surface area contributed by atoms with Gasteiger partial charge in [0.15, 0.2) is 0 Å². The van der Waals surface area contributed by atoms with Crippen molar-refractivity contribution in [3.8, 4) is 6.01 Å². The molecule has 2 heterocycles. The maximum absolute atomic E-state index is 5.42. The van der Waals surface area contributed by atoms with Gasteiger partial charge in [0.1, 0.15) is 0 Å². The predicted octanol–water partition coefficient (Wildman–Crippen LogP) is 2.03. The molecule has 0 spiro atoms. The normalized spacial score (nSPS) is 18.5. The Labute approximate surface area is 124 Å². The highest BCUT2D eigenvalue weighted by atomic mass is 32.2. The predicted molar refractivity (Wildman–Crippen MR) is 83.9 cm³/mol. The van der Waals surface area contributed by atoms with Crippen LogP contribution in [-0.2, 0) is 0 Å². The highest BCUT2D eigenvalue weighted by Gasteiger charge is 2.25. The molecule has 0 saturated carbocycles. The fraction of sp³-hybridized carbons (Fsp3) is 0.769. The molecule has 1 aliphatic rings. The summed E-state index contributed by atoms with van der Waals surface area (Å²) in [4.78, 5) is 15.3. The first-order chi connectivity index (χ1) is 9.54. The second kappa shape index (κ2) is 6.47. The van der Waals surface area contributed by atoms with Crippen LogP contribution in [0.5, 0.6) is 6.01 Å². The molecule has 1 N–H and O–H groups in total. The molecule has 0 unspecified atom stereocenters. The zero-order valence-electron chi connectivity index (χ0n) is 12.6. The van der Waals surface area contributed by atoms with Gasteiger partial charge in [0.05, 0.1) is 6.61 Å². The fourth-order valence-corrected chi connectivity index (χ4v) is 3.11. The third-order valence-electron chi connectivity index (χ3n) is 3.22. The molecule has 20 heavy (non-hydrogen) atoms. The summed E-state index contributed by atoms with van der Waals surface area (Å²) in [5, 5.41) is 2.96. The van der Waals surface area contributed by atoms with E-state index >= 15 is 0 Å². The van der Waals surface area contributed by atoms with E-state index in [1.54, 1.807) is 7.05 Å². The van der Waals surface area contributed by atoms with Gasteiger partial charge in [-0.1, -0.05) is 13.8 Å². The number of nitrogens with one attached hydrogen (secondary N) is 1. The summed E-state index contributed by atoms with van der Waals surface area (Å²) in [6, 6.07) is 0.387. The Bertz CT molecular complexity index is 454. The number of hydrogen-bond acceptors (Lipinski definition) is 7. The summed E-state index contributed by atoms with van der Waals surface area (Å²) < 4.78 is 5.73. The van der Waals surface area contributed by atoms with Gasteiger partial charge >= 0.3 is 6.01 Å². The number of rotatable bonds is 4. The van der Waals surface area contributed by atoms with Crippen LogP contribution in [0.3, 0.4) is 0 Å². The van der Waals surface area contributed by atoms with Crippen molar-refractivity contribution in [2.45, 2.75) is 31.9 Å². The average Bonchev–Trinajstić information content (AvgIpc) is 2.59. The highest BCUT2D eigenvalue weighted by molar-refractivity contribution is 8.00. The van der Waals surface area contributed by atoms with E-state index in [-0.39, 0.29) is 0 Å². The van der Waals surface area contributed by atoms with E-state index in [0.29, 0.717) is 29.3 Å². The Morgan fingerprint density at radius 1 is 1.30 bits per heavy atom. The second-order valence-corrected chi connectivity index (χ2v) is 7.07. The topological polar surface area (TPSA) is 63.2 Å². The SMILES string of the molecule is CCOc1nc(NC)nc(N2CCSC(C)(C)CC2)n1. The third-order valence-corrected chi connectivity index (χ3v) is 4.59. The highest BCUT2D eigenvalue weighted by Crippen LogP contribution is 2.31. The fourth-order valence-electron chi connectivity index (χ4n) is 2.01. The van der Waals surface area contributed by atoms with Crippen LogP contribution in [0.4, 0.5) is 11.9 Å². The molecule has 6 nitrogen and oxygen atoms in total. The molecule has 7 heteroatoms. The summed E-state index contributed by atoms with van der Waals surface area (Å²) in [6.07, 6.45) is 1.11. The average molecular weight is 297 g/mol. The van der Waals surface area contributed by atoms with Crippen molar-refractivity contribution in [2.75, 3.05) is 42.7 Å². The van der Waals surface area contributed by atoms with E-state index in [1.165, 1.54) is 0 Å². The van der Waals surface area contributed by atoms with E-state index in [2.05, 4.69) is 39.0 Å². The van der Waals surface area contributed by atoms with Gasteiger partial charge in [-0.2, -0.15) is 26.7 Å². The number of ether oxygens (including phenoxy) is 1. The van der Waals surface area contributed by atoms with Gasteiger partial charge in [-0.25, -0.2) is 0 Å². The Morgan fingerprint density at radius 2 is 2.10 bits per heavy atom. The minimum absolute atomic E-state index is 0.316. The van der Waals surface area contributed by atoms with E-state index in [9.17, 15) is 0 Å². The lowest BCUT2D eigenvalue weighted by Gasteiger charge is -2.23. The van der Waals surface area contributed by atoms with Crippen LogP contribution in [0.15, 0.2) is 0 Å². The van der Waals surface area contributed by atoms with Crippen molar-refractivity contribution >= 4 is 23.7 Å². The summed E-state index contributed by atoms with van der Waals surface area (Å²) in [5.41, 5.74) is 0. The molecular formula is C13H23N5OS. The number of anilines is 2. The molecule has 1 aromatic rings. The Morgan fingerprint density at radius 3 is 2.80 bits per heavy atom. The largest absolute Gasteiger partial charge is 0.464 e. The van der Waals surface area contributed by atoms with Gasteiger partial charge in [-0.05, 0) is 13.3 Å². The van der Waals surface area contributed by atoms with E-state index in [4.69, 9.17) is 4.74 Å². The van der Waals surface area contributed by atoms with Crippen molar-refractivity contribution in [3.63, 3.8) is 0 Å². The van der Waals surface area contributed by atoms with Crippen LogP contribution in [0.2, 0.25) is 0 Å². The lowest BCUT2D eigenvalue weighted by molar-refractivity contribution is 0.312. The van der Waals surface area contributed by atoms with Crippen molar-refractivity contribution in [1.29, 1.82) is 0 Å². The molecule has 2 rings (SSSR count). The van der Waals surface area contributed by atoms with Crippen molar-refractivity contribution in [2.24, 2.45) is 0 Å². The molecule has 0 atom stereocenters. The molecule has 1 fully saturated rings. The number of nitrogens with zero attached hydrogens (tertiary/aromatic N) is 4. The monoisotopic (exact) mass is 297 g/mol. The summed E-state index contributed by atoms with van der Waals surface area (Å²) >= 11 is 2.00. The maximum atomic E-state index is 5.42. The summed E-state index contributed by atoms with van der Waals surface area (Å²) in [5.74, 6) is 2.33. The third kappa shape index (κ3) is 3.88. The maximum Gasteiger partial charge on any atom is 0.323 e. The first-order valence-corrected chi connectivity index (χ1v) is 7.98. The van der Waals surface area contributed by atoms with Crippen LogP contribution >= 0.6 is 11.8 Å². The first-order valence-electron chi connectivity index (χ1n) is 6.99. The Kier molecular flexibility index (Phi) is 4.91. The molecule has 0 radical (unpaired) electrons. The molecule has 1 saturated heterocycles. The van der Waals surface area contributed by atoms with Crippen LogP contribution in [0, 0.1) is 0 Å². The first kappa shape index (κ1) is 15.2. The molecular weight excluding hydrogens is 274 g/mol. The van der Waals surface area contributed by atoms with Gasteiger partial charge in [0, 0.05) is 30.6 Å². The Balaban J connectivity index is 2.20. The molecule has 1 aliphatic heterocycles. The zero-order valence-corrected chi connectivity index (χ0v) is 13.5. The molecule has 0 aromatic carbocycles. The smallest absolute Gasteiger partial charge is 0.323 e. The van der Waals surface area contributed by atoms with E-state index in [0.717, 1.165) is 25.3 Å². The number of aromatic nitrogens is 3. The van der Waals surface area contributed by atoms with Crippen LogP contribution in [-0.4, -0.2) is 52.2 Å². The lowest BCUT2D eigenvalue weighted by Crippen LogP contribution is -2.29. The minimum atomic E-state index is 0.316. The van der Waals surface area contributed by atoms with Crippen LogP contribution in [0.25, 0.3) is 0 Å². The number of thioether (sulfide) groups is 1. The molecule has 1 aromatic heterocycles. The Hall–Kier alpha value is -1.24. The molecule has 0 aliphatic carbocycles. The van der Waals surface area contributed by atoms with Crippen LogP contribution < -0.4 is 15.0 Å². The van der Waals surface area contributed by atoms with Gasteiger partial charge in [0.2, 0.25) is 11.9 Å². The lowest BCUT2D eigenvalue weighted by atomic mass is 10.1. The van der Waals surface area contributed by atoms with Gasteiger partial charge in [-0.15, -0.1) is 0 Å². The molecule has 0 bridgehead atoms. The van der Waals surface area contributed by atoms with E-state index in [1.807, 2.05) is 18.7 Å².